The molecule has 1 aromatic carbocycles. The number of nitrogens with zero attached hydrogens (tertiary/aromatic N) is 3. The zero-order valence-electron chi connectivity index (χ0n) is 11.9. The number of nitrogens with one attached hydrogen (secondary N) is 1. The topological polar surface area (TPSA) is 76.4 Å². The van der Waals surface area contributed by atoms with Crippen molar-refractivity contribution in [1.82, 2.24) is 19.3 Å². The Bertz CT molecular complexity index is 946. The summed E-state index contributed by atoms with van der Waals surface area (Å²) in [7, 11) is -3.69. The highest BCUT2D eigenvalue weighted by molar-refractivity contribution is 7.89. The highest BCUT2D eigenvalue weighted by Crippen LogP contribution is 2.22. The first kappa shape index (κ1) is 15.4. The van der Waals surface area contributed by atoms with Crippen LogP contribution in [-0.2, 0) is 16.6 Å². The molecule has 0 aliphatic heterocycles. The lowest BCUT2D eigenvalue weighted by atomic mass is 10.3. The van der Waals surface area contributed by atoms with Gasteiger partial charge >= 0.3 is 0 Å². The smallest absolute Gasteiger partial charge is 0.223 e. The molecule has 0 atom stereocenters. The third-order valence-electron chi connectivity index (χ3n) is 3.15. The number of benzene rings is 1. The lowest BCUT2D eigenvalue weighted by Gasteiger charge is -2.08. The van der Waals surface area contributed by atoms with Gasteiger partial charge in [0.2, 0.25) is 15.0 Å². The van der Waals surface area contributed by atoms with E-state index < -0.39 is 10.0 Å². The molecule has 0 saturated carbocycles. The molecule has 0 spiro atoms. The Kier molecular flexibility index (Phi) is 3.94. The third-order valence-corrected chi connectivity index (χ3v) is 5.88. The quantitative estimate of drug-likeness (QED) is 0.779. The molecule has 0 aliphatic rings. The third kappa shape index (κ3) is 2.74. The molecular weight excluding hydrogens is 344 g/mol. The van der Waals surface area contributed by atoms with Gasteiger partial charge in [0.15, 0.2) is 0 Å². The van der Waals surface area contributed by atoms with E-state index >= 15 is 0 Å². The molecule has 2 heterocycles. The molecule has 0 radical (unpaired) electrons. The van der Waals surface area contributed by atoms with Gasteiger partial charge in [0, 0.05) is 0 Å². The van der Waals surface area contributed by atoms with E-state index in [1.165, 1.54) is 17.4 Å². The molecule has 0 fully saturated rings. The second kappa shape index (κ2) is 5.62. The number of imidazole rings is 1. The summed E-state index contributed by atoms with van der Waals surface area (Å²) in [5.41, 5.74) is 1.47. The van der Waals surface area contributed by atoms with E-state index in [1.54, 1.807) is 22.7 Å². The van der Waals surface area contributed by atoms with Crippen LogP contribution in [0.5, 0.6) is 0 Å². The Morgan fingerprint density at radius 1 is 1.32 bits per heavy atom. The lowest BCUT2D eigenvalue weighted by Crippen LogP contribution is -2.24. The van der Waals surface area contributed by atoms with Crippen LogP contribution in [0.2, 0.25) is 5.02 Å². The summed E-state index contributed by atoms with van der Waals surface area (Å²) in [4.78, 5) is 5.19. The number of halogens is 1. The van der Waals surface area contributed by atoms with Gasteiger partial charge in [0.25, 0.3) is 0 Å². The summed E-state index contributed by atoms with van der Waals surface area (Å²) in [5, 5.41) is 5.40. The van der Waals surface area contributed by atoms with Gasteiger partial charge in [0.1, 0.15) is 9.90 Å². The van der Waals surface area contributed by atoms with Crippen molar-refractivity contribution in [1.29, 1.82) is 0 Å². The minimum atomic E-state index is -3.69. The minimum Gasteiger partial charge on any atom is -0.223 e. The van der Waals surface area contributed by atoms with Crippen LogP contribution in [0.4, 0.5) is 0 Å². The van der Waals surface area contributed by atoms with Gasteiger partial charge in [-0.15, -0.1) is 0 Å². The molecular formula is C13H13ClN4O2S2. The van der Waals surface area contributed by atoms with Gasteiger partial charge in [-0.2, -0.15) is 5.10 Å². The SMILES string of the molecule is Cc1nn2c(CNS(=O)(=O)c3ccccc3Cl)c(C)nc2s1. The van der Waals surface area contributed by atoms with Gasteiger partial charge in [-0.1, -0.05) is 35.1 Å². The van der Waals surface area contributed by atoms with Crippen LogP contribution in [0.15, 0.2) is 29.2 Å². The van der Waals surface area contributed by atoms with Crippen LogP contribution in [0.3, 0.4) is 0 Å². The zero-order valence-corrected chi connectivity index (χ0v) is 14.3. The first-order valence-electron chi connectivity index (χ1n) is 6.44. The number of rotatable bonds is 4. The first-order chi connectivity index (χ1) is 10.4. The molecule has 3 rings (SSSR count). The molecule has 0 bridgehead atoms. The van der Waals surface area contributed by atoms with E-state index in [9.17, 15) is 8.42 Å². The molecule has 22 heavy (non-hydrogen) atoms. The molecule has 0 saturated heterocycles. The van der Waals surface area contributed by atoms with Crippen LogP contribution < -0.4 is 4.72 Å². The number of hydrogen-bond donors (Lipinski definition) is 1. The Balaban J connectivity index is 1.90. The Morgan fingerprint density at radius 2 is 2.05 bits per heavy atom. The molecule has 0 aliphatic carbocycles. The van der Waals surface area contributed by atoms with E-state index in [2.05, 4.69) is 14.8 Å². The summed E-state index contributed by atoms with van der Waals surface area (Å²) >= 11 is 7.41. The number of fused-ring (bicyclic) bond motifs is 1. The second-order valence-electron chi connectivity index (χ2n) is 4.71. The second-order valence-corrected chi connectivity index (χ2v) is 8.02. The minimum absolute atomic E-state index is 0.0598. The number of hydrogen-bond acceptors (Lipinski definition) is 5. The molecule has 9 heteroatoms. The fourth-order valence-electron chi connectivity index (χ4n) is 2.09. The van der Waals surface area contributed by atoms with Crippen LogP contribution in [0.25, 0.3) is 4.96 Å². The van der Waals surface area contributed by atoms with Gasteiger partial charge in [-0.25, -0.2) is 22.6 Å². The van der Waals surface area contributed by atoms with Crippen LogP contribution in [-0.4, -0.2) is 23.0 Å². The Labute approximate surface area is 136 Å². The fraction of sp³-hybridized carbons (Fsp3) is 0.231. The summed E-state index contributed by atoms with van der Waals surface area (Å²) in [6.07, 6.45) is 0. The van der Waals surface area contributed by atoms with Gasteiger partial charge in [-0.05, 0) is 26.0 Å². The summed E-state index contributed by atoms with van der Waals surface area (Å²) in [5.74, 6) is 0. The molecule has 6 nitrogen and oxygen atoms in total. The van der Waals surface area contributed by atoms with E-state index in [0.29, 0.717) is 0 Å². The van der Waals surface area contributed by atoms with Crippen molar-refractivity contribution in [2.24, 2.45) is 0 Å². The van der Waals surface area contributed by atoms with E-state index in [4.69, 9.17) is 11.6 Å². The molecule has 3 aromatic rings. The molecule has 2 aromatic heterocycles. The number of sulfonamides is 1. The monoisotopic (exact) mass is 356 g/mol. The Hall–Kier alpha value is -1.48. The van der Waals surface area contributed by atoms with Crippen LogP contribution in [0.1, 0.15) is 16.4 Å². The van der Waals surface area contributed by atoms with E-state index in [1.807, 2.05) is 13.8 Å². The van der Waals surface area contributed by atoms with Crippen molar-refractivity contribution >= 4 is 37.9 Å². The number of aromatic nitrogens is 3. The van der Waals surface area contributed by atoms with Gasteiger partial charge in [-0.3, -0.25) is 0 Å². The number of aryl methyl sites for hydroxylation is 2. The van der Waals surface area contributed by atoms with E-state index in [0.717, 1.165) is 21.4 Å². The summed E-state index contributed by atoms with van der Waals surface area (Å²) in [6.45, 7) is 3.81. The average molecular weight is 357 g/mol. The first-order valence-corrected chi connectivity index (χ1v) is 9.12. The normalized spacial score (nSPS) is 12.1. The predicted molar refractivity (Wildman–Crippen MR) is 85.8 cm³/mol. The maximum Gasteiger partial charge on any atom is 0.242 e. The lowest BCUT2D eigenvalue weighted by molar-refractivity contribution is 0.579. The van der Waals surface area contributed by atoms with Crippen molar-refractivity contribution < 1.29 is 8.42 Å². The summed E-state index contributed by atoms with van der Waals surface area (Å²) < 4.78 is 28.9. The summed E-state index contributed by atoms with van der Waals surface area (Å²) in [6, 6.07) is 6.33. The largest absolute Gasteiger partial charge is 0.242 e. The standard InChI is InChI=1S/C13H13ClN4O2S2/c1-8-11(18-13(16-8)21-9(2)17-18)7-15-22(19,20)12-6-4-3-5-10(12)14/h3-6,15H,7H2,1-2H3. The Morgan fingerprint density at radius 3 is 2.77 bits per heavy atom. The average Bonchev–Trinajstić information content (AvgIpc) is 2.92. The molecule has 1 N–H and O–H groups in total. The van der Waals surface area contributed by atoms with Gasteiger partial charge in [0.05, 0.1) is 23.0 Å². The zero-order chi connectivity index (χ0) is 15.9. The molecule has 0 amide bonds. The highest BCUT2D eigenvalue weighted by Gasteiger charge is 2.19. The maximum absolute atomic E-state index is 12.4. The van der Waals surface area contributed by atoms with Crippen molar-refractivity contribution in [3.8, 4) is 0 Å². The van der Waals surface area contributed by atoms with Crippen molar-refractivity contribution in [2.45, 2.75) is 25.3 Å². The van der Waals surface area contributed by atoms with Crippen LogP contribution in [0, 0.1) is 13.8 Å². The van der Waals surface area contributed by atoms with Gasteiger partial charge < -0.3 is 0 Å². The van der Waals surface area contributed by atoms with Crippen molar-refractivity contribution in [3.63, 3.8) is 0 Å². The van der Waals surface area contributed by atoms with E-state index in [-0.39, 0.29) is 16.5 Å². The fourth-order valence-corrected chi connectivity index (χ4v) is 4.41. The highest BCUT2D eigenvalue weighted by atomic mass is 35.5. The molecule has 0 unspecified atom stereocenters. The van der Waals surface area contributed by atoms with Crippen molar-refractivity contribution in [3.05, 3.63) is 45.7 Å². The maximum atomic E-state index is 12.4. The van der Waals surface area contributed by atoms with Crippen molar-refractivity contribution in [2.75, 3.05) is 0 Å². The molecule has 116 valence electrons. The predicted octanol–water partition coefficient (Wildman–Crippen LogP) is 2.54. The van der Waals surface area contributed by atoms with Crippen LogP contribution >= 0.6 is 22.9 Å².